The molecule has 0 spiro atoms. The Hall–Kier alpha value is -2.24. The lowest BCUT2D eigenvalue weighted by molar-refractivity contribution is -0.121. The maximum atomic E-state index is 10.0. The van der Waals surface area contributed by atoms with Crippen LogP contribution in [-0.4, -0.2) is 26.7 Å². The van der Waals surface area contributed by atoms with Crippen LogP contribution in [0, 0.1) is 0 Å². The maximum Gasteiger partial charge on any atom is 0.363 e. The number of benzene rings is 1. The second-order valence-corrected chi connectivity index (χ2v) is 2.80. The quantitative estimate of drug-likeness (QED) is 0.668. The van der Waals surface area contributed by atoms with Gasteiger partial charge in [0.05, 0.1) is 6.54 Å². The minimum atomic E-state index is -0.0408. The predicted molar refractivity (Wildman–Crippen MR) is 50.1 cm³/mol. The lowest BCUT2D eigenvalue weighted by Gasteiger charge is -1.97. The van der Waals surface area contributed by atoms with E-state index in [0.29, 0.717) is 6.54 Å². The van der Waals surface area contributed by atoms with Crippen LogP contribution in [0.5, 0.6) is 6.01 Å². The van der Waals surface area contributed by atoms with E-state index in [1.165, 1.54) is 4.80 Å². The number of carbonyl (C=O) groups is 1. The normalized spacial score (nSPS) is 9.87. The first kappa shape index (κ1) is 9.32. The zero-order valence-electron chi connectivity index (χ0n) is 7.78. The first-order chi connectivity index (χ1) is 7.38. The van der Waals surface area contributed by atoms with Crippen molar-refractivity contribution < 1.29 is 9.53 Å². The molecule has 0 bridgehead atoms. The second-order valence-electron chi connectivity index (χ2n) is 2.80. The number of carbonyl (C=O) groups excluding carboxylic acids is 1. The molecular weight excluding hydrogens is 196 g/mol. The molecule has 1 aromatic heterocycles. The van der Waals surface area contributed by atoms with Crippen molar-refractivity contribution in [2.75, 3.05) is 0 Å². The molecule has 0 aliphatic heterocycles. The summed E-state index contributed by atoms with van der Waals surface area (Å²) in [6.07, 6.45) is 0. The Morgan fingerprint density at radius 3 is 2.87 bits per heavy atom. The predicted octanol–water partition coefficient (Wildman–Crippen LogP) is 0.257. The highest BCUT2D eigenvalue weighted by molar-refractivity contribution is 5.40. The topological polar surface area (TPSA) is 69.9 Å². The van der Waals surface area contributed by atoms with Gasteiger partial charge < -0.3 is 4.74 Å². The number of hydrogen-bond acceptors (Lipinski definition) is 5. The SMILES string of the molecule is O=COc1nnn(Cc2ccccc2)n1. The second kappa shape index (κ2) is 4.32. The van der Waals surface area contributed by atoms with E-state index in [1.807, 2.05) is 30.3 Å². The molecule has 0 atom stereocenters. The van der Waals surface area contributed by atoms with Crippen molar-refractivity contribution in [3.05, 3.63) is 35.9 Å². The first-order valence-electron chi connectivity index (χ1n) is 4.30. The molecule has 0 N–H and O–H groups in total. The molecule has 1 heterocycles. The van der Waals surface area contributed by atoms with Crippen LogP contribution in [0.1, 0.15) is 5.56 Å². The van der Waals surface area contributed by atoms with Gasteiger partial charge in [-0.05, 0) is 10.8 Å². The van der Waals surface area contributed by atoms with Crippen LogP contribution in [0.3, 0.4) is 0 Å². The van der Waals surface area contributed by atoms with Crippen LogP contribution in [-0.2, 0) is 11.3 Å². The smallest absolute Gasteiger partial charge is 0.363 e. The Bertz CT molecular complexity index is 440. The fraction of sp³-hybridized carbons (Fsp3) is 0.111. The van der Waals surface area contributed by atoms with Gasteiger partial charge in [0.15, 0.2) is 0 Å². The van der Waals surface area contributed by atoms with Gasteiger partial charge in [-0.2, -0.15) is 4.80 Å². The summed E-state index contributed by atoms with van der Waals surface area (Å²) in [5.74, 6) is 0. The van der Waals surface area contributed by atoms with Gasteiger partial charge in [0.1, 0.15) is 0 Å². The zero-order valence-corrected chi connectivity index (χ0v) is 7.78. The Kier molecular flexibility index (Phi) is 2.68. The molecule has 1 aromatic carbocycles. The largest absolute Gasteiger partial charge is 0.391 e. The Labute approximate surface area is 85.5 Å². The molecule has 6 heteroatoms. The molecule has 0 aliphatic carbocycles. The van der Waals surface area contributed by atoms with Crippen molar-refractivity contribution >= 4 is 6.47 Å². The standard InChI is InChI=1S/C9H8N4O2/c14-7-15-9-10-12-13(11-9)6-8-4-2-1-3-5-8/h1-5,7H,6H2. The maximum absolute atomic E-state index is 10.0. The van der Waals surface area contributed by atoms with E-state index in [4.69, 9.17) is 0 Å². The number of ether oxygens (including phenoxy) is 1. The highest BCUT2D eigenvalue weighted by Crippen LogP contribution is 2.01. The molecule has 2 rings (SSSR count). The van der Waals surface area contributed by atoms with Gasteiger partial charge >= 0.3 is 12.5 Å². The van der Waals surface area contributed by atoms with Gasteiger partial charge in [-0.15, -0.1) is 0 Å². The summed E-state index contributed by atoms with van der Waals surface area (Å²) in [5.41, 5.74) is 1.05. The summed E-state index contributed by atoms with van der Waals surface area (Å²) in [4.78, 5) is 11.4. The molecule has 0 saturated carbocycles. The average molecular weight is 204 g/mol. The van der Waals surface area contributed by atoms with Gasteiger partial charge in [-0.25, -0.2) is 0 Å². The first-order valence-corrected chi connectivity index (χ1v) is 4.30. The minimum absolute atomic E-state index is 0.0408. The fourth-order valence-electron chi connectivity index (χ4n) is 1.13. The molecule has 0 fully saturated rings. The van der Waals surface area contributed by atoms with Crippen LogP contribution in [0.4, 0.5) is 0 Å². The highest BCUT2D eigenvalue weighted by atomic mass is 16.5. The van der Waals surface area contributed by atoms with Gasteiger partial charge in [-0.1, -0.05) is 40.5 Å². The summed E-state index contributed by atoms with van der Waals surface area (Å²) >= 11 is 0. The van der Waals surface area contributed by atoms with Crippen molar-refractivity contribution in [2.45, 2.75) is 6.54 Å². The van der Waals surface area contributed by atoms with Gasteiger partial charge in [0.25, 0.3) is 0 Å². The van der Waals surface area contributed by atoms with Gasteiger partial charge in [0, 0.05) is 0 Å². The zero-order chi connectivity index (χ0) is 10.5. The molecule has 76 valence electrons. The Balaban J connectivity index is 2.08. The number of rotatable bonds is 4. The molecule has 2 aromatic rings. The third kappa shape index (κ3) is 2.37. The third-order valence-corrected chi connectivity index (χ3v) is 1.75. The van der Waals surface area contributed by atoms with E-state index in [0.717, 1.165) is 5.56 Å². The fourth-order valence-corrected chi connectivity index (χ4v) is 1.13. The molecule has 6 nitrogen and oxygen atoms in total. The van der Waals surface area contributed by atoms with E-state index < -0.39 is 0 Å². The molecule has 0 unspecified atom stereocenters. The average Bonchev–Trinajstić information content (AvgIpc) is 2.68. The number of tetrazole rings is 1. The molecule has 0 amide bonds. The molecule has 15 heavy (non-hydrogen) atoms. The Morgan fingerprint density at radius 2 is 2.13 bits per heavy atom. The number of aromatic nitrogens is 4. The lowest BCUT2D eigenvalue weighted by Crippen LogP contribution is -2.03. The van der Waals surface area contributed by atoms with E-state index >= 15 is 0 Å². The lowest BCUT2D eigenvalue weighted by atomic mass is 10.2. The van der Waals surface area contributed by atoms with E-state index in [9.17, 15) is 4.79 Å². The molecule has 0 aliphatic rings. The van der Waals surface area contributed by atoms with Crippen LogP contribution in [0.25, 0.3) is 0 Å². The van der Waals surface area contributed by atoms with Crippen LogP contribution >= 0.6 is 0 Å². The molecule has 0 radical (unpaired) electrons. The van der Waals surface area contributed by atoms with E-state index in [1.54, 1.807) is 0 Å². The molecule has 0 saturated heterocycles. The Morgan fingerprint density at radius 1 is 1.33 bits per heavy atom. The van der Waals surface area contributed by atoms with Crippen LogP contribution < -0.4 is 4.74 Å². The van der Waals surface area contributed by atoms with Crippen molar-refractivity contribution in [1.29, 1.82) is 0 Å². The van der Waals surface area contributed by atoms with Crippen LogP contribution in [0.2, 0.25) is 0 Å². The third-order valence-electron chi connectivity index (χ3n) is 1.75. The van der Waals surface area contributed by atoms with Crippen molar-refractivity contribution in [1.82, 2.24) is 20.2 Å². The van der Waals surface area contributed by atoms with E-state index in [-0.39, 0.29) is 12.5 Å². The van der Waals surface area contributed by atoms with Gasteiger partial charge in [0.2, 0.25) is 0 Å². The van der Waals surface area contributed by atoms with Crippen molar-refractivity contribution in [3.8, 4) is 6.01 Å². The summed E-state index contributed by atoms with van der Waals surface area (Å²) in [7, 11) is 0. The summed E-state index contributed by atoms with van der Waals surface area (Å²) < 4.78 is 4.44. The summed E-state index contributed by atoms with van der Waals surface area (Å²) in [6.45, 7) is 0.764. The van der Waals surface area contributed by atoms with Crippen LogP contribution in [0.15, 0.2) is 30.3 Å². The number of nitrogens with zero attached hydrogens (tertiary/aromatic N) is 4. The summed E-state index contributed by atoms with van der Waals surface area (Å²) in [5, 5.41) is 11.1. The van der Waals surface area contributed by atoms with E-state index in [2.05, 4.69) is 20.1 Å². The number of hydrogen-bond donors (Lipinski definition) is 0. The highest BCUT2D eigenvalue weighted by Gasteiger charge is 2.02. The monoisotopic (exact) mass is 204 g/mol. The van der Waals surface area contributed by atoms with Crippen molar-refractivity contribution in [2.24, 2.45) is 0 Å². The van der Waals surface area contributed by atoms with Gasteiger partial charge in [-0.3, -0.25) is 4.79 Å². The van der Waals surface area contributed by atoms with Crippen molar-refractivity contribution in [3.63, 3.8) is 0 Å². The minimum Gasteiger partial charge on any atom is -0.391 e. The molecular formula is C9H8N4O2. The summed E-state index contributed by atoms with van der Waals surface area (Å²) in [6, 6.07) is 9.64.